The first kappa shape index (κ1) is 14.0. The van der Waals surface area contributed by atoms with Gasteiger partial charge < -0.3 is 10.0 Å². The second-order valence-electron chi connectivity index (χ2n) is 4.87. The molecule has 1 atom stereocenters. The fraction of sp³-hybridized carbons (Fsp3) is 0.357. The van der Waals surface area contributed by atoms with Gasteiger partial charge in [-0.3, -0.25) is 14.5 Å². The van der Waals surface area contributed by atoms with Crippen molar-refractivity contribution in [1.82, 2.24) is 4.90 Å². The van der Waals surface area contributed by atoms with Crippen LogP contribution < -0.4 is 4.90 Å². The van der Waals surface area contributed by atoms with Crippen molar-refractivity contribution < 1.29 is 19.5 Å². The summed E-state index contributed by atoms with van der Waals surface area (Å²) in [6.07, 6.45) is 0. The molecule has 6 nitrogen and oxygen atoms in total. The van der Waals surface area contributed by atoms with Crippen LogP contribution in [0.4, 0.5) is 5.69 Å². The molecule has 1 heterocycles. The number of hydrogen-bond acceptors (Lipinski definition) is 4. The first-order valence-electron chi connectivity index (χ1n) is 6.29. The molecule has 0 spiro atoms. The van der Waals surface area contributed by atoms with E-state index in [0.717, 1.165) is 16.2 Å². The third-order valence-corrected chi connectivity index (χ3v) is 3.30. The number of carboxylic acid groups (broad SMARTS) is 1. The Labute approximate surface area is 116 Å². The molecule has 1 aromatic rings. The zero-order valence-electron chi connectivity index (χ0n) is 11.4. The van der Waals surface area contributed by atoms with E-state index < -0.39 is 23.8 Å². The monoisotopic (exact) mass is 276 g/mol. The number of hydrogen-bond donors (Lipinski definition) is 1. The van der Waals surface area contributed by atoms with Gasteiger partial charge >= 0.3 is 5.97 Å². The fourth-order valence-corrected chi connectivity index (χ4v) is 2.22. The molecule has 20 heavy (non-hydrogen) atoms. The Hall–Kier alpha value is -2.37. The minimum Gasteiger partial charge on any atom is -0.480 e. The maximum Gasteiger partial charge on any atom is 0.326 e. The van der Waals surface area contributed by atoms with E-state index in [9.17, 15) is 14.4 Å². The molecule has 1 aliphatic heterocycles. The molecule has 1 N–H and O–H groups in total. The fourth-order valence-electron chi connectivity index (χ4n) is 2.22. The number of carbonyl (C=O) groups excluding carboxylic acids is 2. The molecule has 0 radical (unpaired) electrons. The standard InChI is InChI=1S/C14H16N2O4/c1-9-4-3-5-11(6-9)15-7-12(17)16(13(18)8-15)10(2)14(19)20/h3-6,10H,7-8H2,1-2H3,(H,19,20). The lowest BCUT2D eigenvalue weighted by Crippen LogP contribution is -2.58. The summed E-state index contributed by atoms with van der Waals surface area (Å²) >= 11 is 0. The molecule has 106 valence electrons. The molecule has 0 aliphatic carbocycles. The number of nitrogens with zero attached hydrogens (tertiary/aromatic N) is 2. The molecular weight excluding hydrogens is 260 g/mol. The Morgan fingerprint density at radius 2 is 1.85 bits per heavy atom. The number of rotatable bonds is 3. The average molecular weight is 276 g/mol. The van der Waals surface area contributed by atoms with E-state index in [1.54, 1.807) is 4.90 Å². The van der Waals surface area contributed by atoms with E-state index >= 15 is 0 Å². The molecule has 2 rings (SSSR count). The van der Waals surface area contributed by atoms with E-state index in [1.807, 2.05) is 31.2 Å². The molecule has 1 saturated heterocycles. The summed E-state index contributed by atoms with van der Waals surface area (Å²) in [7, 11) is 0. The molecule has 2 amide bonds. The van der Waals surface area contributed by atoms with E-state index in [0.29, 0.717) is 0 Å². The SMILES string of the molecule is Cc1cccc(N2CC(=O)N(C(C)C(=O)O)C(=O)C2)c1. The maximum absolute atomic E-state index is 12.0. The number of aryl methyl sites for hydroxylation is 1. The van der Waals surface area contributed by atoms with Crippen LogP contribution in [0.3, 0.4) is 0 Å². The first-order valence-corrected chi connectivity index (χ1v) is 6.29. The summed E-state index contributed by atoms with van der Waals surface area (Å²) in [4.78, 5) is 37.4. The summed E-state index contributed by atoms with van der Waals surface area (Å²) in [5, 5.41) is 8.93. The van der Waals surface area contributed by atoms with Crippen LogP contribution in [0.25, 0.3) is 0 Å². The van der Waals surface area contributed by atoms with E-state index in [2.05, 4.69) is 0 Å². The Morgan fingerprint density at radius 3 is 2.35 bits per heavy atom. The lowest BCUT2D eigenvalue weighted by molar-refractivity contribution is -0.157. The number of aliphatic carboxylic acids is 1. The van der Waals surface area contributed by atoms with Crippen LogP contribution in [0, 0.1) is 6.92 Å². The summed E-state index contributed by atoms with van der Waals surface area (Å²) in [6, 6.07) is 6.36. The lowest BCUT2D eigenvalue weighted by Gasteiger charge is -2.35. The molecule has 0 bridgehead atoms. The topological polar surface area (TPSA) is 77.9 Å². The van der Waals surface area contributed by atoms with Gasteiger partial charge in [0.15, 0.2) is 0 Å². The van der Waals surface area contributed by atoms with E-state index in [-0.39, 0.29) is 13.1 Å². The minimum absolute atomic E-state index is 0.00676. The van der Waals surface area contributed by atoms with E-state index in [1.165, 1.54) is 6.92 Å². The van der Waals surface area contributed by atoms with Crippen molar-refractivity contribution in [1.29, 1.82) is 0 Å². The van der Waals surface area contributed by atoms with Gasteiger partial charge in [0.2, 0.25) is 11.8 Å². The van der Waals surface area contributed by atoms with Crippen molar-refractivity contribution in [2.24, 2.45) is 0 Å². The smallest absolute Gasteiger partial charge is 0.326 e. The summed E-state index contributed by atoms with van der Waals surface area (Å²) < 4.78 is 0. The van der Waals surface area contributed by atoms with Crippen LogP contribution in [0.5, 0.6) is 0 Å². The van der Waals surface area contributed by atoms with Crippen molar-refractivity contribution in [3.63, 3.8) is 0 Å². The second kappa shape index (κ2) is 5.32. The Kier molecular flexibility index (Phi) is 3.74. The molecule has 1 fully saturated rings. The van der Waals surface area contributed by atoms with Gasteiger partial charge in [-0.15, -0.1) is 0 Å². The van der Waals surface area contributed by atoms with Crippen LogP contribution in [0.2, 0.25) is 0 Å². The molecule has 0 aromatic heterocycles. The lowest BCUT2D eigenvalue weighted by atomic mass is 10.1. The van der Waals surface area contributed by atoms with Gasteiger partial charge in [0.1, 0.15) is 6.04 Å². The van der Waals surface area contributed by atoms with Gasteiger partial charge in [-0.1, -0.05) is 12.1 Å². The number of carbonyl (C=O) groups is 3. The van der Waals surface area contributed by atoms with Crippen molar-refractivity contribution >= 4 is 23.5 Å². The highest BCUT2D eigenvalue weighted by molar-refractivity contribution is 6.05. The highest BCUT2D eigenvalue weighted by atomic mass is 16.4. The highest BCUT2D eigenvalue weighted by Gasteiger charge is 2.37. The van der Waals surface area contributed by atoms with Gasteiger partial charge in [-0.2, -0.15) is 0 Å². The average Bonchev–Trinajstić information content (AvgIpc) is 2.37. The summed E-state index contributed by atoms with van der Waals surface area (Å²) in [5.74, 6) is -2.16. The van der Waals surface area contributed by atoms with Gasteiger partial charge in [0.25, 0.3) is 0 Å². The number of carboxylic acids is 1. The number of imide groups is 1. The highest BCUT2D eigenvalue weighted by Crippen LogP contribution is 2.19. The minimum atomic E-state index is -1.18. The Morgan fingerprint density at radius 1 is 1.25 bits per heavy atom. The largest absolute Gasteiger partial charge is 0.480 e. The Balaban J connectivity index is 2.20. The second-order valence-corrected chi connectivity index (χ2v) is 4.87. The van der Waals surface area contributed by atoms with Gasteiger partial charge in [-0.25, -0.2) is 4.79 Å². The summed E-state index contributed by atoms with van der Waals surface area (Å²) in [6.45, 7) is 3.27. The van der Waals surface area contributed by atoms with Crippen molar-refractivity contribution in [3.05, 3.63) is 29.8 Å². The summed E-state index contributed by atoms with van der Waals surface area (Å²) in [5.41, 5.74) is 1.82. The normalized spacial score (nSPS) is 17.3. The quantitative estimate of drug-likeness (QED) is 0.820. The molecule has 1 aliphatic rings. The number of piperazine rings is 1. The number of amides is 2. The zero-order valence-corrected chi connectivity index (χ0v) is 11.4. The first-order chi connectivity index (χ1) is 9.40. The maximum atomic E-state index is 12.0. The van der Waals surface area contributed by atoms with Crippen molar-refractivity contribution in [3.8, 4) is 0 Å². The third kappa shape index (κ3) is 2.64. The Bertz CT molecular complexity index is 552. The van der Waals surface area contributed by atoms with Crippen LogP contribution >= 0.6 is 0 Å². The van der Waals surface area contributed by atoms with Crippen molar-refractivity contribution in [2.75, 3.05) is 18.0 Å². The number of anilines is 1. The predicted octanol–water partition coefficient (Wildman–Crippen LogP) is 0.643. The van der Waals surface area contributed by atoms with Crippen LogP contribution in [-0.2, 0) is 14.4 Å². The van der Waals surface area contributed by atoms with Gasteiger partial charge in [0.05, 0.1) is 13.1 Å². The predicted molar refractivity (Wildman–Crippen MR) is 72.3 cm³/mol. The molecule has 6 heteroatoms. The molecule has 0 saturated carbocycles. The van der Waals surface area contributed by atoms with Crippen LogP contribution in [-0.4, -0.2) is 46.9 Å². The van der Waals surface area contributed by atoms with Crippen molar-refractivity contribution in [2.45, 2.75) is 19.9 Å². The zero-order chi connectivity index (χ0) is 14.9. The number of benzene rings is 1. The van der Waals surface area contributed by atoms with Gasteiger partial charge in [0, 0.05) is 5.69 Å². The molecule has 1 aromatic carbocycles. The molecular formula is C14H16N2O4. The third-order valence-electron chi connectivity index (χ3n) is 3.30. The van der Waals surface area contributed by atoms with Gasteiger partial charge in [-0.05, 0) is 31.5 Å². The van der Waals surface area contributed by atoms with Crippen LogP contribution in [0.1, 0.15) is 12.5 Å². The molecule has 1 unspecified atom stereocenters. The van der Waals surface area contributed by atoms with E-state index in [4.69, 9.17) is 5.11 Å². The van der Waals surface area contributed by atoms with Crippen LogP contribution in [0.15, 0.2) is 24.3 Å².